The number of nitrogens with two attached hydrogens (primary N) is 2. The Morgan fingerprint density at radius 2 is 1.00 bits per heavy atom. The molecule has 0 aliphatic heterocycles. The normalized spacial score (nSPS) is 13.9. The number of carbonyl (C=O) groups excluding carboxylic acids is 4. The fourth-order valence-corrected chi connectivity index (χ4v) is 1.48. The van der Waals surface area contributed by atoms with Crippen LogP contribution in [0.15, 0.2) is 0 Å². The minimum atomic E-state index is -1.18. The third-order valence-corrected chi connectivity index (χ3v) is 2.56. The lowest BCUT2D eigenvalue weighted by atomic mass is 10.2. The predicted molar refractivity (Wildman–Crippen MR) is 94.2 cm³/mol. The van der Waals surface area contributed by atoms with E-state index >= 15 is 0 Å². The molecule has 0 aromatic carbocycles. The van der Waals surface area contributed by atoms with Crippen molar-refractivity contribution in [3.05, 3.63) is 0 Å². The minimum absolute atomic E-state index is 0.446. The second-order valence-electron chi connectivity index (χ2n) is 7.82. The van der Waals surface area contributed by atoms with Crippen LogP contribution in [0.5, 0.6) is 0 Å². The van der Waals surface area contributed by atoms with Gasteiger partial charge in [-0.15, -0.1) is 0 Å². The van der Waals surface area contributed by atoms with Crippen LogP contribution in [0.4, 0.5) is 0 Å². The van der Waals surface area contributed by atoms with Gasteiger partial charge in [-0.3, -0.25) is 19.2 Å². The Bertz CT molecular complexity index is 500. The average Bonchev–Trinajstić information content (AvgIpc) is 2.46. The summed E-state index contributed by atoms with van der Waals surface area (Å²) in [5.74, 6) is -3.35. The highest BCUT2D eigenvalue weighted by atomic mass is 16.6. The number of hydrogen-bond acceptors (Lipinski definition) is 10. The highest BCUT2D eigenvalue weighted by Gasteiger charge is 2.25. The zero-order valence-electron chi connectivity index (χ0n) is 16.7. The topological polar surface area (TPSA) is 157 Å². The zero-order valence-corrected chi connectivity index (χ0v) is 16.7. The van der Waals surface area contributed by atoms with Crippen molar-refractivity contribution in [3.63, 3.8) is 0 Å². The third-order valence-electron chi connectivity index (χ3n) is 2.56. The van der Waals surface area contributed by atoms with E-state index in [1.165, 1.54) is 0 Å². The minimum Gasteiger partial charge on any atom is -0.463 e. The molecule has 0 amide bonds. The van der Waals surface area contributed by atoms with Gasteiger partial charge in [-0.2, -0.15) is 0 Å². The van der Waals surface area contributed by atoms with Crippen molar-refractivity contribution in [1.82, 2.24) is 0 Å². The van der Waals surface area contributed by atoms with Crippen LogP contribution in [0.3, 0.4) is 0 Å². The average molecular weight is 390 g/mol. The van der Waals surface area contributed by atoms with Gasteiger partial charge in [0, 0.05) is 0 Å². The summed E-state index contributed by atoms with van der Waals surface area (Å²) in [7, 11) is 0. The zero-order chi connectivity index (χ0) is 21.4. The van der Waals surface area contributed by atoms with Crippen LogP contribution in [-0.4, -0.2) is 60.4 Å². The van der Waals surface area contributed by atoms with E-state index in [0.29, 0.717) is 0 Å². The summed E-state index contributed by atoms with van der Waals surface area (Å²) in [4.78, 5) is 46.4. The predicted octanol–water partition coefficient (Wildman–Crippen LogP) is -0.199. The maximum Gasteiger partial charge on any atom is 0.326 e. The monoisotopic (exact) mass is 390 g/mol. The van der Waals surface area contributed by atoms with Crippen LogP contribution in [0.25, 0.3) is 0 Å². The molecule has 0 saturated heterocycles. The van der Waals surface area contributed by atoms with Crippen molar-refractivity contribution < 1.29 is 38.1 Å². The van der Waals surface area contributed by atoms with Gasteiger partial charge < -0.3 is 30.4 Å². The summed E-state index contributed by atoms with van der Waals surface area (Å²) in [5, 5.41) is 0. The molecule has 4 N–H and O–H groups in total. The van der Waals surface area contributed by atoms with Crippen LogP contribution >= 0.6 is 0 Å². The van der Waals surface area contributed by atoms with Crippen LogP contribution in [0.1, 0.15) is 48.0 Å². The lowest BCUT2D eigenvalue weighted by molar-refractivity contribution is -0.161. The van der Waals surface area contributed by atoms with Crippen LogP contribution in [0, 0.1) is 0 Å². The second-order valence-corrected chi connectivity index (χ2v) is 7.82. The van der Waals surface area contributed by atoms with E-state index in [-0.39, 0.29) is 0 Å². The van der Waals surface area contributed by atoms with Crippen LogP contribution in [0.2, 0.25) is 0 Å². The number of ether oxygens (including phenoxy) is 4. The van der Waals surface area contributed by atoms with Gasteiger partial charge in [0.05, 0.1) is 0 Å². The van der Waals surface area contributed by atoms with Gasteiger partial charge in [0.2, 0.25) is 0 Å². The first-order valence-corrected chi connectivity index (χ1v) is 8.39. The molecule has 27 heavy (non-hydrogen) atoms. The molecule has 10 nitrogen and oxygen atoms in total. The van der Waals surface area contributed by atoms with Gasteiger partial charge in [0.25, 0.3) is 0 Å². The van der Waals surface area contributed by atoms with Crippen LogP contribution in [-0.2, 0) is 38.1 Å². The first-order chi connectivity index (χ1) is 12.1. The summed E-state index contributed by atoms with van der Waals surface area (Å²) in [5.41, 5.74) is 9.65. The number of esters is 4. The molecule has 0 rings (SSSR count). The second kappa shape index (κ2) is 10.2. The van der Waals surface area contributed by atoms with E-state index < -0.39 is 66.8 Å². The molecule has 0 radical (unpaired) electrons. The molecule has 2 unspecified atom stereocenters. The Balaban J connectivity index is 4.20. The van der Waals surface area contributed by atoms with Gasteiger partial charge >= 0.3 is 23.9 Å². The largest absolute Gasteiger partial charge is 0.463 e. The van der Waals surface area contributed by atoms with Gasteiger partial charge in [0.15, 0.2) is 0 Å². The lowest BCUT2D eigenvalue weighted by Gasteiger charge is -2.22. The van der Waals surface area contributed by atoms with Gasteiger partial charge in [-0.05, 0) is 41.5 Å². The van der Waals surface area contributed by atoms with E-state index in [4.69, 9.17) is 30.4 Å². The quantitative estimate of drug-likeness (QED) is 0.323. The number of carbonyl (C=O) groups is 4. The van der Waals surface area contributed by atoms with E-state index in [1.807, 2.05) is 0 Å². The summed E-state index contributed by atoms with van der Waals surface area (Å²) in [6.45, 7) is 9.12. The molecule has 0 aromatic heterocycles. The first kappa shape index (κ1) is 24.8. The molecule has 0 bridgehead atoms. The number of rotatable bonds is 8. The van der Waals surface area contributed by atoms with Crippen molar-refractivity contribution in [2.75, 3.05) is 13.2 Å². The molecule has 0 spiro atoms. The molecule has 0 aliphatic carbocycles. The summed E-state index contributed by atoms with van der Waals surface area (Å²) in [6.07, 6.45) is -0.720. The molecule has 0 aliphatic rings. The Morgan fingerprint density at radius 3 is 1.26 bits per heavy atom. The van der Waals surface area contributed by atoms with Crippen molar-refractivity contribution in [2.24, 2.45) is 11.5 Å². The van der Waals surface area contributed by atoms with Crippen molar-refractivity contribution in [1.29, 1.82) is 0 Å². The molecule has 0 fully saturated rings. The lowest BCUT2D eigenvalue weighted by Crippen LogP contribution is -2.41. The standard InChI is InChI=1S/C17H30N2O8/c1-16(2,3)26-14(22)10(18)8-24-12(20)7-13(21)25-9-11(19)15(23)27-17(4,5)6/h10-11H,7-9,18-19H2,1-6H3. The number of hydrogen-bond donors (Lipinski definition) is 2. The molecule has 0 saturated carbocycles. The summed E-state index contributed by atoms with van der Waals surface area (Å²) >= 11 is 0. The van der Waals surface area contributed by atoms with E-state index in [2.05, 4.69) is 0 Å². The Morgan fingerprint density at radius 1 is 0.704 bits per heavy atom. The SMILES string of the molecule is CC(C)(C)OC(=O)C(N)COC(=O)CC(=O)OCC(N)C(=O)OC(C)(C)C. The molecule has 2 atom stereocenters. The fourth-order valence-electron chi connectivity index (χ4n) is 1.48. The third kappa shape index (κ3) is 12.7. The Labute approximate surface area is 158 Å². The molecule has 0 heterocycles. The smallest absolute Gasteiger partial charge is 0.326 e. The summed E-state index contributed by atoms with van der Waals surface area (Å²) < 4.78 is 19.5. The molecular weight excluding hydrogens is 360 g/mol. The maximum atomic E-state index is 11.6. The highest BCUT2D eigenvalue weighted by Crippen LogP contribution is 2.09. The van der Waals surface area contributed by atoms with E-state index in [0.717, 1.165) is 0 Å². The first-order valence-electron chi connectivity index (χ1n) is 8.39. The maximum absolute atomic E-state index is 11.6. The molecule has 0 aromatic rings. The van der Waals surface area contributed by atoms with E-state index in [1.54, 1.807) is 41.5 Å². The van der Waals surface area contributed by atoms with E-state index in [9.17, 15) is 19.2 Å². The van der Waals surface area contributed by atoms with Crippen molar-refractivity contribution >= 4 is 23.9 Å². The highest BCUT2D eigenvalue weighted by molar-refractivity contribution is 5.91. The van der Waals surface area contributed by atoms with Gasteiger partial charge in [0.1, 0.15) is 42.9 Å². The molecular formula is C17H30N2O8. The molecule has 10 heteroatoms. The van der Waals surface area contributed by atoms with Crippen molar-refractivity contribution in [2.45, 2.75) is 71.2 Å². The fraction of sp³-hybridized carbons (Fsp3) is 0.765. The van der Waals surface area contributed by atoms with Gasteiger partial charge in [-0.1, -0.05) is 0 Å². The van der Waals surface area contributed by atoms with Gasteiger partial charge in [-0.25, -0.2) is 0 Å². The molecule has 156 valence electrons. The Kier molecular flexibility index (Phi) is 9.38. The summed E-state index contributed by atoms with van der Waals surface area (Å²) in [6, 6.07) is -2.35. The van der Waals surface area contributed by atoms with Crippen LogP contribution < -0.4 is 11.5 Å². The Hall–Kier alpha value is -2.20. The van der Waals surface area contributed by atoms with Crippen molar-refractivity contribution in [3.8, 4) is 0 Å².